The predicted molar refractivity (Wildman–Crippen MR) is 150 cm³/mol. The van der Waals surface area contributed by atoms with Gasteiger partial charge in [-0.2, -0.15) is 9.97 Å². The summed E-state index contributed by atoms with van der Waals surface area (Å²) in [4.78, 5) is 33.5. The molecule has 2 aromatic heterocycles. The van der Waals surface area contributed by atoms with Crippen molar-refractivity contribution >= 4 is 22.8 Å². The van der Waals surface area contributed by atoms with E-state index in [9.17, 15) is 4.79 Å². The number of H-pyrrole nitrogens is 1. The van der Waals surface area contributed by atoms with Crippen molar-refractivity contribution in [2.75, 3.05) is 32.2 Å². The summed E-state index contributed by atoms with van der Waals surface area (Å²) in [6.45, 7) is 1.06. The molecule has 5 rings (SSSR count). The Morgan fingerprint density at radius 2 is 1.64 bits per heavy atom. The molecule has 4 aromatic rings. The predicted octanol–water partition coefficient (Wildman–Crippen LogP) is 2.84. The lowest BCUT2D eigenvalue weighted by Crippen LogP contribution is -2.50. The molecule has 0 fully saturated rings. The van der Waals surface area contributed by atoms with Crippen molar-refractivity contribution < 1.29 is 14.3 Å². The van der Waals surface area contributed by atoms with E-state index in [2.05, 4.69) is 17.1 Å². The summed E-state index contributed by atoms with van der Waals surface area (Å²) in [7, 11) is 3.06. The molecule has 0 bridgehead atoms. The first kappa shape index (κ1) is 26.6. The molecular weight excluding hydrogens is 494 g/mol. The number of para-hydroxylation sites is 1. The van der Waals surface area contributed by atoms with Gasteiger partial charge in [-0.1, -0.05) is 30.3 Å². The second kappa shape index (κ2) is 11.8. The van der Waals surface area contributed by atoms with Gasteiger partial charge in [-0.25, -0.2) is 9.78 Å². The number of aromatic nitrogens is 4. The second-order valence-electron chi connectivity index (χ2n) is 9.64. The number of benzene rings is 2. The quantitative estimate of drug-likeness (QED) is 0.264. The zero-order chi connectivity index (χ0) is 27.4. The third-order valence-corrected chi connectivity index (χ3v) is 7.19. The molecule has 3 heterocycles. The van der Waals surface area contributed by atoms with Crippen molar-refractivity contribution in [3.05, 3.63) is 77.0 Å². The van der Waals surface area contributed by atoms with Crippen LogP contribution in [0.2, 0.25) is 0 Å². The summed E-state index contributed by atoms with van der Waals surface area (Å²) in [5.74, 6) is 2.13. The fourth-order valence-corrected chi connectivity index (χ4v) is 5.30. The number of aryl methyl sites for hydroxylation is 2. The van der Waals surface area contributed by atoms with Crippen molar-refractivity contribution in [1.29, 1.82) is 0 Å². The fourth-order valence-electron chi connectivity index (χ4n) is 5.30. The van der Waals surface area contributed by atoms with Crippen molar-refractivity contribution in [3.8, 4) is 5.75 Å². The number of carbonyl (C=O) groups excluding carboxylic acids is 1. The summed E-state index contributed by atoms with van der Waals surface area (Å²) in [5, 5.41) is 1.09. The molecule has 0 unspecified atom stereocenters. The largest absolute Gasteiger partial charge is 0.497 e. The molecule has 0 saturated heterocycles. The molecule has 10 heteroatoms. The Labute approximate surface area is 227 Å². The lowest BCUT2D eigenvalue weighted by Gasteiger charge is -2.41. The standard InChI is InChI=1S/C29H35N7O3/c1-38-19-13-11-18(12-14-19)27-26-21(20-7-3-4-8-22(20)32-26)17-23(28(37)39-2)36(27)29-34-24(9-5-15-30)33-25(35-29)10-6-16-31/h3-4,7-8,11-14,23,27,32H,5-6,9-10,15-17,30-31H2,1-2H3/t23-,27+/m1/s1. The summed E-state index contributed by atoms with van der Waals surface area (Å²) < 4.78 is 10.8. The van der Waals surface area contributed by atoms with E-state index in [1.807, 2.05) is 41.3 Å². The number of ether oxygens (including phenoxy) is 2. The summed E-state index contributed by atoms with van der Waals surface area (Å²) >= 11 is 0. The Morgan fingerprint density at radius 1 is 0.974 bits per heavy atom. The van der Waals surface area contributed by atoms with E-state index in [0.29, 0.717) is 49.9 Å². The van der Waals surface area contributed by atoms with Gasteiger partial charge in [0.05, 0.1) is 20.3 Å². The zero-order valence-electron chi connectivity index (χ0n) is 22.4. The summed E-state index contributed by atoms with van der Waals surface area (Å²) in [6, 6.07) is 15.0. The van der Waals surface area contributed by atoms with Gasteiger partial charge in [0.25, 0.3) is 0 Å². The van der Waals surface area contributed by atoms with Gasteiger partial charge in [0.1, 0.15) is 23.4 Å². The average molecular weight is 530 g/mol. The zero-order valence-corrected chi connectivity index (χ0v) is 22.4. The van der Waals surface area contributed by atoms with E-state index in [0.717, 1.165) is 46.3 Å². The second-order valence-corrected chi connectivity index (χ2v) is 9.64. The molecule has 10 nitrogen and oxygen atoms in total. The van der Waals surface area contributed by atoms with E-state index in [-0.39, 0.29) is 12.0 Å². The topological polar surface area (TPSA) is 145 Å². The van der Waals surface area contributed by atoms with Gasteiger partial charge < -0.3 is 30.8 Å². The minimum absolute atomic E-state index is 0.350. The molecule has 0 aliphatic carbocycles. The summed E-state index contributed by atoms with van der Waals surface area (Å²) in [6.07, 6.45) is 3.16. The number of esters is 1. The number of hydrogen-bond acceptors (Lipinski definition) is 9. The molecule has 5 N–H and O–H groups in total. The lowest BCUT2D eigenvalue weighted by molar-refractivity contribution is -0.142. The highest BCUT2D eigenvalue weighted by atomic mass is 16.5. The van der Waals surface area contributed by atoms with Crippen molar-refractivity contribution in [2.45, 2.75) is 44.2 Å². The molecule has 0 spiro atoms. The number of nitrogens with two attached hydrogens (primary N) is 2. The Morgan fingerprint density at radius 3 is 2.26 bits per heavy atom. The van der Waals surface area contributed by atoms with E-state index in [1.54, 1.807) is 7.11 Å². The van der Waals surface area contributed by atoms with Gasteiger partial charge in [-0.15, -0.1) is 0 Å². The Hall–Kier alpha value is -4.02. The Balaban J connectivity index is 1.73. The smallest absolute Gasteiger partial charge is 0.328 e. The number of fused-ring (bicyclic) bond motifs is 3. The molecule has 204 valence electrons. The number of rotatable bonds is 10. The molecule has 1 aliphatic heterocycles. The maximum Gasteiger partial charge on any atom is 0.328 e. The average Bonchev–Trinajstić information content (AvgIpc) is 3.36. The highest BCUT2D eigenvalue weighted by Crippen LogP contribution is 2.43. The molecular formula is C29H35N7O3. The molecule has 0 saturated carbocycles. The SMILES string of the molecule is COC(=O)[C@H]1Cc2c([nH]c3ccccc23)[C@H](c2ccc(OC)cc2)N1c1nc(CCCN)nc(CCCN)n1. The van der Waals surface area contributed by atoms with Crippen LogP contribution in [-0.4, -0.2) is 59.3 Å². The third kappa shape index (κ3) is 5.30. The van der Waals surface area contributed by atoms with Gasteiger partial charge in [0, 0.05) is 35.9 Å². The molecule has 1 aliphatic rings. The van der Waals surface area contributed by atoms with E-state index in [4.69, 9.17) is 35.9 Å². The number of aromatic amines is 1. The molecule has 2 atom stereocenters. The van der Waals surface area contributed by atoms with Crippen LogP contribution < -0.4 is 21.1 Å². The van der Waals surface area contributed by atoms with Gasteiger partial charge in [0.15, 0.2) is 0 Å². The van der Waals surface area contributed by atoms with Crippen molar-refractivity contribution in [1.82, 2.24) is 19.9 Å². The number of nitrogens with zero attached hydrogens (tertiary/aromatic N) is 4. The van der Waals surface area contributed by atoms with Crippen LogP contribution in [0.15, 0.2) is 48.5 Å². The molecule has 2 aromatic carbocycles. The highest BCUT2D eigenvalue weighted by Gasteiger charge is 2.43. The van der Waals surface area contributed by atoms with Crippen LogP contribution in [0, 0.1) is 0 Å². The van der Waals surface area contributed by atoms with Crippen LogP contribution in [0.5, 0.6) is 5.75 Å². The van der Waals surface area contributed by atoms with Crippen molar-refractivity contribution in [3.63, 3.8) is 0 Å². The first-order chi connectivity index (χ1) is 19.1. The van der Waals surface area contributed by atoms with Crippen LogP contribution in [0.25, 0.3) is 10.9 Å². The monoisotopic (exact) mass is 529 g/mol. The fraction of sp³-hybridized carbons (Fsp3) is 0.379. The van der Waals surface area contributed by atoms with Gasteiger partial charge in [0.2, 0.25) is 5.95 Å². The molecule has 0 amide bonds. The van der Waals surface area contributed by atoms with Crippen molar-refractivity contribution in [2.24, 2.45) is 11.5 Å². The Kier molecular flexibility index (Phi) is 8.04. The van der Waals surface area contributed by atoms with E-state index < -0.39 is 6.04 Å². The van der Waals surface area contributed by atoms with Crippen LogP contribution in [0.4, 0.5) is 5.95 Å². The minimum atomic E-state index is -0.652. The molecule has 0 radical (unpaired) electrons. The Bertz CT molecular complexity index is 1410. The highest BCUT2D eigenvalue weighted by molar-refractivity contribution is 5.89. The van der Waals surface area contributed by atoms with E-state index >= 15 is 0 Å². The van der Waals surface area contributed by atoms with E-state index in [1.165, 1.54) is 7.11 Å². The molecule has 39 heavy (non-hydrogen) atoms. The maximum absolute atomic E-state index is 13.4. The number of hydrogen-bond donors (Lipinski definition) is 3. The number of carbonyl (C=O) groups is 1. The number of nitrogens with one attached hydrogen (secondary N) is 1. The number of methoxy groups -OCH3 is 2. The third-order valence-electron chi connectivity index (χ3n) is 7.19. The van der Waals surface area contributed by atoms with Gasteiger partial charge in [-0.3, -0.25) is 0 Å². The lowest BCUT2D eigenvalue weighted by atomic mass is 9.88. The normalized spacial score (nSPS) is 16.8. The number of anilines is 1. The van der Waals surface area contributed by atoms with Crippen LogP contribution in [-0.2, 0) is 28.8 Å². The van der Waals surface area contributed by atoms with Gasteiger partial charge >= 0.3 is 5.97 Å². The van der Waals surface area contributed by atoms with Crippen LogP contribution in [0.3, 0.4) is 0 Å². The van der Waals surface area contributed by atoms with Gasteiger partial charge in [-0.05, 0) is 55.3 Å². The first-order valence-corrected chi connectivity index (χ1v) is 13.3. The van der Waals surface area contributed by atoms with Crippen LogP contribution >= 0.6 is 0 Å². The maximum atomic E-state index is 13.4. The minimum Gasteiger partial charge on any atom is -0.497 e. The summed E-state index contributed by atoms with van der Waals surface area (Å²) in [5.41, 5.74) is 15.6. The first-order valence-electron chi connectivity index (χ1n) is 13.3. The van der Waals surface area contributed by atoms with Crippen LogP contribution in [0.1, 0.15) is 47.4 Å².